The van der Waals surface area contributed by atoms with Crippen LogP contribution in [0.25, 0.3) is 10.8 Å². The van der Waals surface area contributed by atoms with Crippen molar-refractivity contribution in [3.05, 3.63) is 60.4 Å². The molecule has 33 heavy (non-hydrogen) atoms. The maximum atomic E-state index is 13.6. The third kappa shape index (κ3) is 3.36. The maximum Gasteiger partial charge on any atom is 0.269 e. The van der Waals surface area contributed by atoms with Crippen molar-refractivity contribution in [2.45, 2.75) is 51.0 Å². The molecule has 174 valence electrons. The Hall–Kier alpha value is -2.80. The van der Waals surface area contributed by atoms with Crippen molar-refractivity contribution >= 4 is 32.4 Å². The molecule has 2 fully saturated rings. The lowest BCUT2D eigenvalue weighted by Crippen LogP contribution is -2.52. The van der Waals surface area contributed by atoms with Gasteiger partial charge in [-0.1, -0.05) is 45.0 Å². The van der Waals surface area contributed by atoms with Gasteiger partial charge in [0.1, 0.15) is 4.90 Å². The van der Waals surface area contributed by atoms with Crippen LogP contribution in [0.2, 0.25) is 0 Å². The van der Waals surface area contributed by atoms with Gasteiger partial charge in [-0.2, -0.15) is 0 Å². The fourth-order valence-corrected chi connectivity index (χ4v) is 7.73. The molecule has 2 saturated carbocycles. The predicted octanol–water partition coefficient (Wildman–Crippen LogP) is 4.86. The van der Waals surface area contributed by atoms with Crippen LogP contribution in [0.15, 0.2) is 59.8 Å². The van der Waals surface area contributed by atoms with Crippen LogP contribution in [0, 0.1) is 16.7 Å². The van der Waals surface area contributed by atoms with Crippen LogP contribution >= 0.6 is 0 Å². The highest BCUT2D eigenvalue weighted by atomic mass is 32.2. The van der Waals surface area contributed by atoms with Crippen molar-refractivity contribution in [1.29, 1.82) is 0 Å². The summed E-state index contributed by atoms with van der Waals surface area (Å²) >= 11 is 0. The molecule has 2 aliphatic carbocycles. The van der Waals surface area contributed by atoms with Gasteiger partial charge in [-0.05, 0) is 54.2 Å². The minimum Gasteiger partial charge on any atom is -0.387 e. The number of carbonyl (C=O) groups excluding carboxylic acids is 1. The SMILES string of the molecule is CNc1ccc(C(=O)NC2C(C)(C)[C@@H]3CC[C@@]2(C)C3)cc1S(=O)(=O)n1cc2ccccc2c1. The molecular formula is C26H31N3O3S. The van der Waals surface area contributed by atoms with Gasteiger partial charge in [-0.25, -0.2) is 12.4 Å². The second-order valence-corrected chi connectivity index (χ2v) is 12.3. The lowest BCUT2D eigenvalue weighted by atomic mass is 9.68. The standard InChI is InChI=1S/C26H31N3O3S/c1-25(2)20-11-12-26(3,14-20)24(25)28-23(30)17-9-10-21(27-4)22(13-17)33(31,32)29-15-18-7-5-6-8-19(18)16-29/h5-10,13,15-16,20,24,27H,11-12,14H2,1-4H3,(H,28,30)/t20-,24?,26+/m1/s1. The van der Waals surface area contributed by atoms with Crippen LogP contribution in [0.1, 0.15) is 50.4 Å². The summed E-state index contributed by atoms with van der Waals surface area (Å²) < 4.78 is 28.3. The van der Waals surface area contributed by atoms with E-state index in [1.54, 1.807) is 31.6 Å². The van der Waals surface area contributed by atoms with E-state index < -0.39 is 10.0 Å². The first-order valence-electron chi connectivity index (χ1n) is 11.5. The van der Waals surface area contributed by atoms with E-state index in [-0.39, 0.29) is 27.7 Å². The molecular weight excluding hydrogens is 434 g/mol. The Balaban J connectivity index is 1.50. The molecule has 3 aromatic rings. The number of nitrogens with one attached hydrogen (secondary N) is 2. The Morgan fingerprint density at radius 1 is 1.06 bits per heavy atom. The predicted molar refractivity (Wildman–Crippen MR) is 131 cm³/mol. The summed E-state index contributed by atoms with van der Waals surface area (Å²) in [5, 5.41) is 7.92. The number of aromatic nitrogens is 1. The van der Waals surface area contributed by atoms with Crippen LogP contribution in [0.4, 0.5) is 5.69 Å². The summed E-state index contributed by atoms with van der Waals surface area (Å²) in [5.41, 5.74) is 0.922. The number of rotatable bonds is 5. The first kappa shape index (κ1) is 22.0. The van der Waals surface area contributed by atoms with Gasteiger partial charge in [0, 0.05) is 41.8 Å². The van der Waals surface area contributed by atoms with Crippen LogP contribution in [0.5, 0.6) is 0 Å². The zero-order chi connectivity index (χ0) is 23.6. The number of anilines is 1. The van der Waals surface area contributed by atoms with Crippen molar-refractivity contribution in [3.63, 3.8) is 0 Å². The van der Waals surface area contributed by atoms with Gasteiger partial charge in [0.2, 0.25) is 0 Å². The molecule has 2 bridgehead atoms. The average Bonchev–Trinajstić information content (AvgIpc) is 3.45. The third-order valence-corrected chi connectivity index (χ3v) is 9.80. The van der Waals surface area contributed by atoms with Gasteiger partial charge >= 0.3 is 0 Å². The quantitative estimate of drug-likeness (QED) is 0.564. The Kier molecular flexibility index (Phi) is 4.90. The molecule has 1 unspecified atom stereocenters. The highest BCUT2D eigenvalue weighted by Gasteiger charge is 2.59. The van der Waals surface area contributed by atoms with Crippen LogP contribution in [-0.2, 0) is 10.0 Å². The summed E-state index contributed by atoms with van der Waals surface area (Å²) in [7, 11) is -2.22. The second-order valence-electron chi connectivity index (χ2n) is 10.5. The number of carbonyl (C=O) groups is 1. The third-order valence-electron chi connectivity index (χ3n) is 8.14. The van der Waals surface area contributed by atoms with E-state index in [0.29, 0.717) is 17.2 Å². The van der Waals surface area contributed by atoms with Crippen molar-refractivity contribution in [3.8, 4) is 0 Å². The van der Waals surface area contributed by atoms with E-state index in [9.17, 15) is 13.2 Å². The topological polar surface area (TPSA) is 80.2 Å². The van der Waals surface area contributed by atoms with E-state index in [4.69, 9.17) is 0 Å². The molecule has 0 saturated heterocycles. The minimum absolute atomic E-state index is 0.0216. The fraction of sp³-hybridized carbons (Fsp3) is 0.423. The zero-order valence-corrected chi connectivity index (χ0v) is 20.4. The number of hydrogen-bond donors (Lipinski definition) is 2. The van der Waals surface area contributed by atoms with Gasteiger partial charge < -0.3 is 10.6 Å². The molecule has 6 nitrogen and oxygen atoms in total. The average molecular weight is 466 g/mol. The Morgan fingerprint density at radius 3 is 2.30 bits per heavy atom. The molecule has 2 N–H and O–H groups in total. The van der Waals surface area contributed by atoms with E-state index in [1.165, 1.54) is 16.5 Å². The first-order chi connectivity index (χ1) is 15.6. The molecule has 0 spiro atoms. The van der Waals surface area contributed by atoms with Crippen molar-refractivity contribution < 1.29 is 13.2 Å². The Bertz CT molecular complexity index is 1320. The molecule has 1 aromatic heterocycles. The number of amides is 1. The molecule has 3 atom stereocenters. The van der Waals surface area contributed by atoms with Crippen molar-refractivity contribution in [2.24, 2.45) is 16.7 Å². The van der Waals surface area contributed by atoms with Gasteiger partial charge in [0.05, 0.1) is 5.69 Å². The van der Waals surface area contributed by atoms with Gasteiger partial charge in [0.15, 0.2) is 0 Å². The summed E-state index contributed by atoms with van der Waals surface area (Å²) in [5.74, 6) is 0.386. The smallest absolute Gasteiger partial charge is 0.269 e. The van der Waals surface area contributed by atoms with Crippen LogP contribution in [-0.4, -0.2) is 31.4 Å². The molecule has 0 radical (unpaired) electrons. The van der Waals surface area contributed by atoms with Gasteiger partial charge in [-0.15, -0.1) is 0 Å². The Labute approximate surface area is 195 Å². The summed E-state index contributed by atoms with van der Waals surface area (Å²) in [6, 6.07) is 12.4. The van der Waals surface area contributed by atoms with E-state index >= 15 is 0 Å². The molecule has 0 aliphatic heterocycles. The van der Waals surface area contributed by atoms with Crippen LogP contribution < -0.4 is 10.6 Å². The van der Waals surface area contributed by atoms with E-state index in [0.717, 1.165) is 23.6 Å². The molecule has 5 rings (SSSR count). The molecule has 2 aromatic carbocycles. The molecule has 7 heteroatoms. The first-order valence-corrected chi connectivity index (χ1v) is 13.0. The summed E-state index contributed by atoms with van der Waals surface area (Å²) in [6.07, 6.45) is 6.67. The lowest BCUT2D eigenvalue weighted by molar-refractivity contribution is 0.0737. The van der Waals surface area contributed by atoms with Crippen molar-refractivity contribution in [1.82, 2.24) is 9.29 Å². The van der Waals surface area contributed by atoms with Crippen LogP contribution in [0.3, 0.4) is 0 Å². The lowest BCUT2D eigenvalue weighted by Gasteiger charge is -2.43. The van der Waals surface area contributed by atoms with Gasteiger partial charge in [-0.3, -0.25) is 4.79 Å². The monoisotopic (exact) mass is 465 g/mol. The molecule has 1 heterocycles. The molecule has 1 amide bonds. The summed E-state index contributed by atoms with van der Waals surface area (Å²) in [4.78, 5) is 13.4. The Morgan fingerprint density at radius 2 is 1.73 bits per heavy atom. The zero-order valence-electron chi connectivity index (χ0n) is 19.6. The number of benzene rings is 2. The number of hydrogen-bond acceptors (Lipinski definition) is 4. The van der Waals surface area contributed by atoms with Gasteiger partial charge in [0.25, 0.3) is 15.9 Å². The van der Waals surface area contributed by atoms with E-state index in [2.05, 4.69) is 31.4 Å². The molecule has 2 aliphatic rings. The van der Waals surface area contributed by atoms with E-state index in [1.807, 2.05) is 24.3 Å². The summed E-state index contributed by atoms with van der Waals surface area (Å²) in [6.45, 7) is 6.75. The second kappa shape index (κ2) is 7.35. The highest BCUT2D eigenvalue weighted by molar-refractivity contribution is 7.90. The minimum atomic E-state index is -3.90. The largest absolute Gasteiger partial charge is 0.387 e. The highest BCUT2D eigenvalue weighted by Crippen LogP contribution is 2.62. The normalized spacial score (nSPS) is 25.9. The van der Waals surface area contributed by atoms with Crippen molar-refractivity contribution in [2.75, 3.05) is 12.4 Å². The maximum absolute atomic E-state index is 13.6. The number of fused-ring (bicyclic) bond motifs is 3. The number of nitrogens with zero attached hydrogens (tertiary/aromatic N) is 1. The fourth-order valence-electron chi connectivity index (χ4n) is 6.27.